The molecule has 124 valence electrons. The molecule has 1 fully saturated rings. The van der Waals surface area contributed by atoms with E-state index in [2.05, 4.69) is 16.2 Å². The topological polar surface area (TPSA) is 99.5 Å². The van der Waals surface area contributed by atoms with Crippen LogP contribution in [0.15, 0.2) is 24.3 Å². The Morgan fingerprint density at radius 2 is 1.96 bits per heavy atom. The van der Waals surface area contributed by atoms with Crippen LogP contribution in [0.4, 0.5) is 14.9 Å². The van der Waals surface area contributed by atoms with Crippen molar-refractivity contribution in [3.8, 4) is 0 Å². The van der Waals surface area contributed by atoms with Crippen molar-refractivity contribution in [3.63, 3.8) is 0 Å². The van der Waals surface area contributed by atoms with Crippen LogP contribution in [-0.2, 0) is 4.79 Å². The number of anilines is 1. The van der Waals surface area contributed by atoms with Crippen LogP contribution in [0, 0.1) is 11.7 Å². The number of benzene rings is 1. The highest BCUT2D eigenvalue weighted by Gasteiger charge is 2.27. The van der Waals surface area contributed by atoms with Crippen molar-refractivity contribution in [2.45, 2.75) is 12.8 Å². The van der Waals surface area contributed by atoms with E-state index in [0.717, 1.165) is 6.42 Å². The lowest BCUT2D eigenvalue weighted by Crippen LogP contribution is -2.51. The van der Waals surface area contributed by atoms with Gasteiger partial charge in [0.1, 0.15) is 5.82 Å². The van der Waals surface area contributed by atoms with Crippen LogP contribution in [0.3, 0.4) is 0 Å². The highest BCUT2D eigenvalue weighted by Crippen LogP contribution is 2.16. The second-order valence-corrected chi connectivity index (χ2v) is 5.61. The Kier molecular flexibility index (Phi) is 5.69. The zero-order chi connectivity index (χ0) is 16.8. The third-order valence-electron chi connectivity index (χ3n) is 3.51. The van der Waals surface area contributed by atoms with Gasteiger partial charge in [0.05, 0.1) is 5.92 Å². The molecule has 2 rings (SSSR count). The summed E-state index contributed by atoms with van der Waals surface area (Å²) in [5, 5.41) is 2.98. The number of primary amides is 1. The van der Waals surface area contributed by atoms with Crippen molar-refractivity contribution >= 4 is 35.0 Å². The third-order valence-corrected chi connectivity index (χ3v) is 3.71. The molecule has 23 heavy (non-hydrogen) atoms. The number of nitrogens with two attached hydrogens (primary N) is 1. The third kappa shape index (κ3) is 5.06. The molecule has 0 bridgehead atoms. The van der Waals surface area contributed by atoms with Crippen LogP contribution in [0.25, 0.3) is 0 Å². The van der Waals surface area contributed by atoms with E-state index in [1.165, 1.54) is 29.2 Å². The highest BCUT2D eigenvalue weighted by atomic mass is 32.1. The Bertz CT molecular complexity index is 595. The molecule has 0 radical (unpaired) electrons. The molecular weight excluding hydrogens is 321 g/mol. The Labute approximate surface area is 138 Å². The summed E-state index contributed by atoms with van der Waals surface area (Å²) < 4.78 is 12.8. The van der Waals surface area contributed by atoms with Gasteiger partial charge in [0, 0.05) is 18.8 Å². The van der Waals surface area contributed by atoms with E-state index >= 15 is 0 Å². The van der Waals surface area contributed by atoms with E-state index in [0.29, 0.717) is 25.2 Å². The molecule has 1 aliphatic rings. The van der Waals surface area contributed by atoms with Gasteiger partial charge in [-0.2, -0.15) is 0 Å². The fourth-order valence-electron chi connectivity index (χ4n) is 2.31. The van der Waals surface area contributed by atoms with Gasteiger partial charge in [-0.05, 0) is 49.3 Å². The molecule has 1 aromatic carbocycles. The first-order valence-corrected chi connectivity index (χ1v) is 7.53. The average molecular weight is 339 g/mol. The van der Waals surface area contributed by atoms with E-state index < -0.39 is 6.03 Å². The van der Waals surface area contributed by atoms with Crippen molar-refractivity contribution in [1.82, 2.24) is 15.8 Å². The molecule has 0 aromatic heterocycles. The molecule has 3 amide bonds. The molecular formula is C14H18FN5O2S. The summed E-state index contributed by atoms with van der Waals surface area (Å²) in [6, 6.07) is 5.12. The van der Waals surface area contributed by atoms with E-state index in [4.69, 9.17) is 18.0 Å². The summed E-state index contributed by atoms with van der Waals surface area (Å²) in [5.41, 5.74) is 10.9. The van der Waals surface area contributed by atoms with Gasteiger partial charge in [-0.1, -0.05) is 0 Å². The molecule has 1 aromatic rings. The van der Waals surface area contributed by atoms with Crippen molar-refractivity contribution in [2.24, 2.45) is 11.7 Å². The predicted octanol–water partition coefficient (Wildman–Crippen LogP) is 0.934. The average Bonchev–Trinajstić information content (AvgIpc) is 2.55. The Hall–Kier alpha value is -2.42. The quantitative estimate of drug-likeness (QED) is 0.475. The fourth-order valence-corrected chi connectivity index (χ4v) is 2.48. The minimum absolute atomic E-state index is 0.174. The van der Waals surface area contributed by atoms with Gasteiger partial charge in [0.25, 0.3) is 0 Å². The summed E-state index contributed by atoms with van der Waals surface area (Å²) in [5.74, 6) is -0.949. The molecule has 1 heterocycles. The highest BCUT2D eigenvalue weighted by molar-refractivity contribution is 7.80. The number of nitrogens with zero attached hydrogens (tertiary/aromatic N) is 1. The van der Waals surface area contributed by atoms with Gasteiger partial charge in [-0.3, -0.25) is 15.6 Å². The zero-order valence-corrected chi connectivity index (χ0v) is 13.2. The molecule has 5 N–H and O–H groups in total. The summed E-state index contributed by atoms with van der Waals surface area (Å²) in [4.78, 5) is 24.7. The summed E-state index contributed by atoms with van der Waals surface area (Å²) in [6.45, 7) is 0.859. The summed E-state index contributed by atoms with van der Waals surface area (Å²) >= 11 is 5.04. The lowest BCUT2D eigenvalue weighted by molar-refractivity contribution is -0.126. The number of nitrogens with one attached hydrogen (secondary N) is 3. The maximum Gasteiger partial charge on any atom is 0.314 e. The van der Waals surface area contributed by atoms with Gasteiger partial charge < -0.3 is 16.0 Å². The maximum absolute atomic E-state index is 12.8. The SMILES string of the molecule is NC(=O)N1CCC[C@@H](C(=O)NNC(=S)Nc2ccc(F)cc2)C1. The lowest BCUT2D eigenvalue weighted by atomic mass is 9.98. The number of urea groups is 1. The monoisotopic (exact) mass is 339 g/mol. The molecule has 1 saturated heterocycles. The molecule has 0 unspecified atom stereocenters. The first-order chi connectivity index (χ1) is 11.0. The number of hydrogen-bond donors (Lipinski definition) is 4. The Morgan fingerprint density at radius 3 is 2.61 bits per heavy atom. The Morgan fingerprint density at radius 1 is 1.26 bits per heavy atom. The number of hydrazine groups is 1. The minimum atomic E-state index is -0.524. The first kappa shape index (κ1) is 16.9. The van der Waals surface area contributed by atoms with Crippen LogP contribution in [0.1, 0.15) is 12.8 Å². The van der Waals surface area contributed by atoms with E-state index in [1.807, 2.05) is 0 Å². The summed E-state index contributed by atoms with van der Waals surface area (Å²) in [6.07, 6.45) is 1.40. The number of rotatable bonds is 2. The number of carbonyl (C=O) groups is 2. The Balaban J connectivity index is 1.78. The summed E-state index contributed by atoms with van der Waals surface area (Å²) in [7, 11) is 0. The molecule has 1 atom stereocenters. The molecule has 9 heteroatoms. The van der Waals surface area contributed by atoms with Gasteiger partial charge in [-0.15, -0.1) is 0 Å². The predicted molar refractivity (Wildman–Crippen MR) is 87.8 cm³/mol. The van der Waals surface area contributed by atoms with Crippen LogP contribution >= 0.6 is 12.2 Å². The second-order valence-electron chi connectivity index (χ2n) is 5.20. The normalized spacial score (nSPS) is 17.3. The first-order valence-electron chi connectivity index (χ1n) is 7.12. The smallest absolute Gasteiger partial charge is 0.314 e. The number of piperidine rings is 1. The van der Waals surface area contributed by atoms with Crippen molar-refractivity contribution < 1.29 is 14.0 Å². The number of halogens is 1. The molecule has 0 saturated carbocycles. The minimum Gasteiger partial charge on any atom is -0.351 e. The standard InChI is InChI=1S/C14H18FN5O2S/c15-10-3-5-11(6-4-10)17-14(23)19-18-12(21)9-2-1-7-20(8-9)13(16)22/h3-6,9H,1-2,7-8H2,(H2,16,22)(H,18,21)(H2,17,19,23)/t9-/m1/s1. The van der Waals surface area contributed by atoms with Crippen molar-refractivity contribution in [3.05, 3.63) is 30.1 Å². The fraction of sp³-hybridized carbons (Fsp3) is 0.357. The van der Waals surface area contributed by atoms with Crippen LogP contribution in [-0.4, -0.2) is 35.0 Å². The van der Waals surface area contributed by atoms with Crippen LogP contribution < -0.4 is 21.9 Å². The lowest BCUT2D eigenvalue weighted by Gasteiger charge is -2.30. The molecule has 1 aliphatic heterocycles. The molecule has 0 spiro atoms. The van der Waals surface area contributed by atoms with Crippen LogP contribution in [0.2, 0.25) is 0 Å². The number of amides is 3. The molecule has 0 aliphatic carbocycles. The second kappa shape index (κ2) is 7.73. The van der Waals surface area contributed by atoms with Gasteiger partial charge in [-0.25, -0.2) is 9.18 Å². The van der Waals surface area contributed by atoms with Gasteiger partial charge >= 0.3 is 6.03 Å². The number of carbonyl (C=O) groups excluding carboxylic acids is 2. The number of hydrogen-bond acceptors (Lipinski definition) is 3. The van der Waals surface area contributed by atoms with E-state index in [9.17, 15) is 14.0 Å². The maximum atomic E-state index is 12.8. The van der Waals surface area contributed by atoms with Gasteiger partial charge in [0.2, 0.25) is 5.91 Å². The molecule has 7 nitrogen and oxygen atoms in total. The van der Waals surface area contributed by atoms with Crippen molar-refractivity contribution in [2.75, 3.05) is 18.4 Å². The van der Waals surface area contributed by atoms with E-state index in [1.54, 1.807) is 0 Å². The largest absolute Gasteiger partial charge is 0.351 e. The van der Waals surface area contributed by atoms with Gasteiger partial charge in [0.15, 0.2) is 5.11 Å². The number of likely N-dealkylation sites (tertiary alicyclic amines) is 1. The van der Waals surface area contributed by atoms with Crippen LogP contribution in [0.5, 0.6) is 0 Å². The zero-order valence-electron chi connectivity index (χ0n) is 12.3. The van der Waals surface area contributed by atoms with E-state index in [-0.39, 0.29) is 22.8 Å². The number of thiocarbonyl (C=S) groups is 1. The van der Waals surface area contributed by atoms with Crippen molar-refractivity contribution in [1.29, 1.82) is 0 Å².